The molecule has 0 aliphatic rings. The highest BCUT2D eigenvalue weighted by Crippen LogP contribution is 1.96. The van der Waals surface area contributed by atoms with Gasteiger partial charge in [0, 0.05) is 19.6 Å². The molecule has 70 valence electrons. The zero-order valence-corrected chi connectivity index (χ0v) is 8.10. The minimum absolute atomic E-state index is 0.422. The zero-order valence-electron chi connectivity index (χ0n) is 8.10. The number of hydrogen-bond acceptors (Lipinski definition) is 2. The maximum absolute atomic E-state index is 5.18. The van der Waals surface area contributed by atoms with E-state index in [1.807, 2.05) is 0 Å². The van der Waals surface area contributed by atoms with E-state index in [1.54, 1.807) is 7.11 Å². The van der Waals surface area contributed by atoms with Crippen molar-refractivity contribution >= 4 is 0 Å². The summed E-state index contributed by atoms with van der Waals surface area (Å²) in [6, 6.07) is 0.422. The summed E-state index contributed by atoms with van der Waals surface area (Å²) in [5.74, 6) is 2.64. The predicted octanol–water partition coefficient (Wildman–Crippen LogP) is 1.41. The summed E-state index contributed by atoms with van der Waals surface area (Å²) in [7, 11) is 1.72. The van der Waals surface area contributed by atoms with E-state index in [4.69, 9.17) is 11.2 Å². The molecule has 0 aliphatic heterocycles. The molecule has 0 saturated carbocycles. The van der Waals surface area contributed by atoms with Crippen LogP contribution in [0.4, 0.5) is 0 Å². The molecule has 0 radical (unpaired) electrons. The Kier molecular flexibility index (Phi) is 8.20. The van der Waals surface area contributed by atoms with Gasteiger partial charge >= 0.3 is 0 Å². The fourth-order valence-corrected chi connectivity index (χ4v) is 1.05. The Morgan fingerprint density at radius 3 is 2.83 bits per heavy atom. The van der Waals surface area contributed by atoms with E-state index in [1.165, 1.54) is 0 Å². The van der Waals surface area contributed by atoms with Crippen LogP contribution in [-0.2, 0) is 4.74 Å². The van der Waals surface area contributed by atoms with Gasteiger partial charge in [-0.3, -0.25) is 0 Å². The lowest BCUT2D eigenvalue weighted by atomic mass is 10.1. The molecule has 0 heterocycles. The summed E-state index contributed by atoms with van der Waals surface area (Å²) >= 11 is 0. The van der Waals surface area contributed by atoms with Crippen molar-refractivity contribution in [2.45, 2.75) is 32.2 Å². The molecule has 0 spiro atoms. The molecule has 0 aromatic heterocycles. The highest BCUT2D eigenvalue weighted by Gasteiger charge is 2.04. The summed E-state index contributed by atoms with van der Waals surface area (Å²) in [6.07, 6.45) is 8.16. The summed E-state index contributed by atoms with van der Waals surface area (Å²) < 4.78 is 5.07. The first kappa shape index (κ1) is 11.5. The van der Waals surface area contributed by atoms with Crippen molar-refractivity contribution in [3.63, 3.8) is 0 Å². The number of terminal acetylenes is 1. The molecule has 0 saturated heterocycles. The number of rotatable bonds is 7. The van der Waals surface area contributed by atoms with Crippen LogP contribution in [0.2, 0.25) is 0 Å². The van der Waals surface area contributed by atoms with Crippen molar-refractivity contribution in [2.24, 2.45) is 0 Å². The molecule has 0 rings (SSSR count). The van der Waals surface area contributed by atoms with E-state index < -0.39 is 0 Å². The van der Waals surface area contributed by atoms with Gasteiger partial charge in [0.15, 0.2) is 0 Å². The second-order valence-electron chi connectivity index (χ2n) is 2.85. The van der Waals surface area contributed by atoms with Crippen LogP contribution in [-0.4, -0.2) is 26.3 Å². The molecular weight excluding hydrogens is 150 g/mol. The molecule has 0 aromatic carbocycles. The first-order valence-electron chi connectivity index (χ1n) is 4.50. The predicted molar refractivity (Wildman–Crippen MR) is 52.0 cm³/mol. The fourth-order valence-electron chi connectivity index (χ4n) is 1.05. The largest absolute Gasteiger partial charge is 0.383 e. The van der Waals surface area contributed by atoms with Crippen molar-refractivity contribution in [3.8, 4) is 12.3 Å². The first-order chi connectivity index (χ1) is 5.85. The molecule has 12 heavy (non-hydrogen) atoms. The maximum atomic E-state index is 5.18. The van der Waals surface area contributed by atoms with Crippen molar-refractivity contribution in [1.29, 1.82) is 0 Å². The molecule has 2 nitrogen and oxygen atoms in total. The van der Waals surface area contributed by atoms with E-state index in [2.05, 4.69) is 18.2 Å². The SMILES string of the molecule is C#CCCC(COC)NCCC. The monoisotopic (exact) mass is 169 g/mol. The molecule has 1 atom stereocenters. The van der Waals surface area contributed by atoms with Crippen molar-refractivity contribution in [2.75, 3.05) is 20.3 Å². The van der Waals surface area contributed by atoms with Gasteiger partial charge in [-0.2, -0.15) is 0 Å². The van der Waals surface area contributed by atoms with Crippen LogP contribution in [0.5, 0.6) is 0 Å². The van der Waals surface area contributed by atoms with Gasteiger partial charge in [0.25, 0.3) is 0 Å². The molecular formula is C10H19NO. The first-order valence-corrected chi connectivity index (χ1v) is 4.50. The van der Waals surface area contributed by atoms with Crippen molar-refractivity contribution < 1.29 is 4.74 Å². The van der Waals surface area contributed by atoms with Crippen LogP contribution >= 0.6 is 0 Å². The topological polar surface area (TPSA) is 21.3 Å². The van der Waals surface area contributed by atoms with Gasteiger partial charge in [-0.05, 0) is 19.4 Å². The van der Waals surface area contributed by atoms with Gasteiger partial charge in [-0.1, -0.05) is 6.92 Å². The molecule has 1 unspecified atom stereocenters. The molecule has 0 bridgehead atoms. The second kappa shape index (κ2) is 8.58. The van der Waals surface area contributed by atoms with Crippen LogP contribution in [0.1, 0.15) is 26.2 Å². The van der Waals surface area contributed by atoms with Crippen LogP contribution in [0.15, 0.2) is 0 Å². The maximum Gasteiger partial charge on any atom is 0.0616 e. The summed E-state index contributed by atoms with van der Waals surface area (Å²) in [5.41, 5.74) is 0. The Balaban J connectivity index is 3.48. The van der Waals surface area contributed by atoms with Crippen LogP contribution in [0.3, 0.4) is 0 Å². The Morgan fingerprint density at radius 2 is 2.33 bits per heavy atom. The van der Waals surface area contributed by atoms with Crippen LogP contribution < -0.4 is 5.32 Å². The lowest BCUT2D eigenvalue weighted by Crippen LogP contribution is -2.33. The Morgan fingerprint density at radius 1 is 1.58 bits per heavy atom. The number of ether oxygens (including phenoxy) is 1. The highest BCUT2D eigenvalue weighted by molar-refractivity contribution is 4.85. The Bertz CT molecular complexity index is 128. The fraction of sp³-hybridized carbons (Fsp3) is 0.800. The number of hydrogen-bond donors (Lipinski definition) is 1. The van der Waals surface area contributed by atoms with Crippen molar-refractivity contribution in [1.82, 2.24) is 5.32 Å². The quantitative estimate of drug-likeness (QED) is 0.582. The van der Waals surface area contributed by atoms with Crippen LogP contribution in [0.25, 0.3) is 0 Å². The molecule has 0 amide bonds. The third-order valence-electron chi connectivity index (χ3n) is 1.69. The standard InChI is InChI=1S/C10H19NO/c1-4-6-7-10(9-12-3)11-8-5-2/h1,10-11H,5-9H2,2-3H3. The molecule has 0 aliphatic carbocycles. The molecule has 2 heteroatoms. The van der Waals surface area contributed by atoms with E-state index in [0.717, 1.165) is 32.4 Å². The number of nitrogens with one attached hydrogen (secondary N) is 1. The van der Waals surface area contributed by atoms with Gasteiger partial charge in [0.05, 0.1) is 6.61 Å². The normalized spacial score (nSPS) is 12.4. The van der Waals surface area contributed by atoms with E-state index in [-0.39, 0.29) is 0 Å². The Hall–Kier alpha value is -0.520. The minimum Gasteiger partial charge on any atom is -0.383 e. The molecule has 0 fully saturated rings. The third kappa shape index (κ3) is 6.21. The van der Waals surface area contributed by atoms with Gasteiger partial charge in [0.2, 0.25) is 0 Å². The summed E-state index contributed by atoms with van der Waals surface area (Å²) in [4.78, 5) is 0. The van der Waals surface area contributed by atoms with Gasteiger partial charge in [-0.25, -0.2) is 0 Å². The van der Waals surface area contributed by atoms with Crippen molar-refractivity contribution in [3.05, 3.63) is 0 Å². The van der Waals surface area contributed by atoms with Gasteiger partial charge in [0.1, 0.15) is 0 Å². The lowest BCUT2D eigenvalue weighted by Gasteiger charge is -2.15. The average Bonchev–Trinajstić information content (AvgIpc) is 2.10. The molecule has 0 aromatic rings. The summed E-state index contributed by atoms with van der Waals surface area (Å²) in [6.45, 7) is 3.94. The minimum atomic E-state index is 0.422. The second-order valence-corrected chi connectivity index (χ2v) is 2.85. The van der Waals surface area contributed by atoms with Gasteiger partial charge in [-0.15, -0.1) is 12.3 Å². The van der Waals surface area contributed by atoms with E-state index in [0.29, 0.717) is 6.04 Å². The molecule has 1 N–H and O–H groups in total. The van der Waals surface area contributed by atoms with Crippen LogP contribution in [0, 0.1) is 12.3 Å². The average molecular weight is 169 g/mol. The zero-order chi connectivity index (χ0) is 9.23. The Labute approximate surface area is 75.7 Å². The summed E-state index contributed by atoms with van der Waals surface area (Å²) in [5, 5.41) is 3.38. The smallest absolute Gasteiger partial charge is 0.0616 e. The highest BCUT2D eigenvalue weighted by atomic mass is 16.5. The number of methoxy groups -OCH3 is 1. The van der Waals surface area contributed by atoms with E-state index >= 15 is 0 Å². The van der Waals surface area contributed by atoms with E-state index in [9.17, 15) is 0 Å². The third-order valence-corrected chi connectivity index (χ3v) is 1.69. The van der Waals surface area contributed by atoms with Gasteiger partial charge < -0.3 is 10.1 Å². The lowest BCUT2D eigenvalue weighted by molar-refractivity contribution is 0.163.